The Morgan fingerprint density at radius 3 is 2.28 bits per heavy atom. The zero-order chi connectivity index (χ0) is 31.5. The molecule has 0 aromatic carbocycles. The first-order valence-corrected chi connectivity index (χ1v) is 16.9. The summed E-state index contributed by atoms with van der Waals surface area (Å²) in [6.45, 7) is 13.2. The molecule has 1 saturated heterocycles. The fraction of sp³-hybridized carbons (Fsp3) is 0.914. The van der Waals surface area contributed by atoms with Gasteiger partial charge in [-0.25, -0.2) is 0 Å². The van der Waals surface area contributed by atoms with Crippen LogP contribution in [0.3, 0.4) is 0 Å². The molecule has 5 fully saturated rings. The fourth-order valence-corrected chi connectivity index (χ4v) is 12.7. The average Bonchev–Trinajstić information content (AvgIpc) is 2.94. The van der Waals surface area contributed by atoms with Crippen molar-refractivity contribution in [3.05, 3.63) is 11.6 Å². The van der Waals surface area contributed by atoms with Crippen molar-refractivity contribution in [2.45, 2.75) is 129 Å². The van der Waals surface area contributed by atoms with Crippen LogP contribution in [0, 0.1) is 56.7 Å². The summed E-state index contributed by atoms with van der Waals surface area (Å²) in [4.78, 5) is 13.0. The molecule has 0 bridgehead atoms. The van der Waals surface area contributed by atoms with Crippen molar-refractivity contribution in [3.8, 4) is 0 Å². The van der Waals surface area contributed by atoms with E-state index in [9.17, 15) is 35.4 Å². The van der Waals surface area contributed by atoms with Crippen LogP contribution in [-0.4, -0.2) is 79.8 Å². The fourth-order valence-electron chi connectivity index (χ4n) is 12.7. The SMILES string of the molecule is C[C@@H]1CC[C@]2(C(=O)O)CC[C@]3(C)C(=CCC4[C@@]5(C)CC[C@H]([C@@H]6OC[C@@H](O)[C@H](O)[C@H]6O)[C@@](C)(CO)C5CC[C@]43C)C2[C@@]1(C)O. The van der Waals surface area contributed by atoms with Gasteiger partial charge in [-0.15, -0.1) is 0 Å². The van der Waals surface area contributed by atoms with Gasteiger partial charge >= 0.3 is 5.97 Å². The van der Waals surface area contributed by atoms with E-state index in [0.717, 1.165) is 44.9 Å². The third kappa shape index (κ3) is 3.92. The van der Waals surface area contributed by atoms with E-state index in [1.807, 2.05) is 6.92 Å². The Kier molecular flexibility index (Phi) is 7.41. The predicted molar refractivity (Wildman–Crippen MR) is 161 cm³/mol. The monoisotopic (exact) mass is 604 g/mol. The van der Waals surface area contributed by atoms with E-state index in [4.69, 9.17) is 4.74 Å². The van der Waals surface area contributed by atoms with Gasteiger partial charge in [0.1, 0.15) is 18.3 Å². The first kappa shape index (κ1) is 31.9. The highest BCUT2D eigenvalue weighted by atomic mass is 16.5. The van der Waals surface area contributed by atoms with Crippen molar-refractivity contribution >= 4 is 5.97 Å². The molecule has 0 aromatic heterocycles. The Bertz CT molecular complexity index is 1170. The van der Waals surface area contributed by atoms with E-state index in [1.54, 1.807) is 0 Å². The highest BCUT2D eigenvalue weighted by Crippen LogP contribution is 2.76. The molecule has 15 atom stereocenters. The summed E-state index contributed by atoms with van der Waals surface area (Å²) in [7, 11) is 0. The van der Waals surface area contributed by atoms with Crippen molar-refractivity contribution in [1.82, 2.24) is 0 Å². The Hall–Kier alpha value is -1.03. The number of aliphatic carboxylic acids is 1. The van der Waals surface area contributed by atoms with Crippen LogP contribution in [-0.2, 0) is 9.53 Å². The molecule has 5 aliphatic carbocycles. The first-order chi connectivity index (χ1) is 20.0. The zero-order valence-corrected chi connectivity index (χ0v) is 27.1. The number of aliphatic hydroxyl groups excluding tert-OH is 4. The molecule has 43 heavy (non-hydrogen) atoms. The lowest BCUT2D eigenvalue weighted by Crippen LogP contribution is -2.68. The average molecular weight is 605 g/mol. The Labute approximate surface area is 256 Å². The van der Waals surface area contributed by atoms with E-state index >= 15 is 0 Å². The van der Waals surface area contributed by atoms with Gasteiger partial charge in [-0.05, 0) is 110 Å². The number of aliphatic hydroxyl groups is 5. The van der Waals surface area contributed by atoms with Gasteiger partial charge in [0.25, 0.3) is 0 Å². The minimum atomic E-state index is -1.27. The zero-order valence-electron chi connectivity index (χ0n) is 27.1. The molecule has 0 aromatic rings. The molecule has 1 heterocycles. The molecule has 6 aliphatic rings. The van der Waals surface area contributed by atoms with Crippen molar-refractivity contribution in [2.24, 2.45) is 56.7 Å². The van der Waals surface area contributed by atoms with Crippen molar-refractivity contribution in [2.75, 3.05) is 13.2 Å². The van der Waals surface area contributed by atoms with Gasteiger partial charge in [0.15, 0.2) is 0 Å². The molecule has 0 radical (unpaired) electrons. The van der Waals surface area contributed by atoms with E-state index in [2.05, 4.69) is 40.7 Å². The van der Waals surface area contributed by atoms with E-state index in [-0.39, 0.29) is 47.2 Å². The quantitative estimate of drug-likeness (QED) is 0.266. The maximum atomic E-state index is 13.0. The second kappa shape index (κ2) is 9.98. The summed E-state index contributed by atoms with van der Waals surface area (Å²) < 4.78 is 5.99. The number of fused-ring (bicyclic) bond motifs is 7. The number of ether oxygens (including phenoxy) is 1. The summed E-state index contributed by atoms with van der Waals surface area (Å²) in [6, 6.07) is 0. The lowest BCUT2D eigenvalue weighted by atomic mass is 9.32. The Morgan fingerprint density at radius 2 is 1.63 bits per heavy atom. The maximum absolute atomic E-state index is 13.0. The number of hydrogen-bond donors (Lipinski definition) is 6. The summed E-state index contributed by atoms with van der Waals surface area (Å²) >= 11 is 0. The van der Waals surface area contributed by atoms with Crippen LogP contribution in [0.2, 0.25) is 0 Å². The van der Waals surface area contributed by atoms with Crippen LogP contribution < -0.4 is 0 Å². The van der Waals surface area contributed by atoms with Crippen molar-refractivity contribution < 1.29 is 40.2 Å². The molecular formula is C35H56O8. The number of carboxylic acid groups (broad SMARTS) is 1. The van der Waals surface area contributed by atoms with E-state index in [1.165, 1.54) is 5.57 Å². The number of rotatable bonds is 3. The summed E-state index contributed by atoms with van der Waals surface area (Å²) in [5, 5.41) is 65.3. The lowest BCUT2D eigenvalue weighted by Gasteiger charge is -2.72. The number of carboxylic acids is 1. The van der Waals surface area contributed by atoms with Crippen LogP contribution in [0.25, 0.3) is 0 Å². The molecule has 8 heteroatoms. The van der Waals surface area contributed by atoms with E-state index in [0.29, 0.717) is 18.8 Å². The van der Waals surface area contributed by atoms with Gasteiger partial charge in [0.05, 0.1) is 23.7 Å². The van der Waals surface area contributed by atoms with Gasteiger partial charge in [-0.1, -0.05) is 46.3 Å². The smallest absolute Gasteiger partial charge is 0.310 e. The standard InChI is InChI=1S/C35H56O8/c1-19-9-14-35(29(40)41)16-15-32(4)21(28(35)34(19,6)42)7-8-24-30(2)12-10-20(27-26(39)25(38)22(37)17-43-27)31(3,18-36)23(30)11-13-33(24,32)5/h7,19-20,22-28,36-39,42H,8-18H2,1-6H3,(H,40,41)/t19-,20-,22-,23?,24?,25+,26-,27+,28?,30+,31-,32-,33-,34+,35+/m1/s1. The van der Waals surface area contributed by atoms with Gasteiger partial charge in [0.2, 0.25) is 0 Å². The highest BCUT2D eigenvalue weighted by molar-refractivity contribution is 5.77. The highest BCUT2D eigenvalue weighted by Gasteiger charge is 2.72. The first-order valence-electron chi connectivity index (χ1n) is 16.9. The molecule has 0 amide bonds. The van der Waals surface area contributed by atoms with Crippen LogP contribution in [0.5, 0.6) is 0 Å². The second-order valence-corrected chi connectivity index (χ2v) is 17.0. The van der Waals surface area contributed by atoms with Gasteiger partial charge in [-0.3, -0.25) is 4.79 Å². The van der Waals surface area contributed by atoms with Gasteiger partial charge in [-0.2, -0.15) is 0 Å². The van der Waals surface area contributed by atoms with Crippen molar-refractivity contribution in [1.29, 1.82) is 0 Å². The normalized spacial score (nSPS) is 58.3. The Morgan fingerprint density at radius 1 is 0.930 bits per heavy atom. The molecule has 1 aliphatic heterocycles. The summed E-state index contributed by atoms with van der Waals surface area (Å²) in [5.41, 5.74) is -1.85. The number of allylic oxidation sites excluding steroid dienone is 1. The van der Waals surface area contributed by atoms with Crippen molar-refractivity contribution in [3.63, 3.8) is 0 Å². The Balaban J connectivity index is 1.39. The minimum absolute atomic E-state index is 0.0181. The molecule has 3 unspecified atom stereocenters. The van der Waals surface area contributed by atoms with Crippen LogP contribution >= 0.6 is 0 Å². The third-order valence-electron chi connectivity index (χ3n) is 15.7. The third-order valence-corrected chi connectivity index (χ3v) is 15.7. The molecular weight excluding hydrogens is 548 g/mol. The topological polar surface area (TPSA) is 148 Å². The van der Waals surface area contributed by atoms with Crippen LogP contribution in [0.1, 0.15) is 99.3 Å². The molecule has 244 valence electrons. The molecule has 6 rings (SSSR count). The summed E-state index contributed by atoms with van der Waals surface area (Å²) in [5.74, 6) is -0.839. The molecule has 6 N–H and O–H groups in total. The van der Waals surface area contributed by atoms with Crippen LogP contribution in [0.4, 0.5) is 0 Å². The van der Waals surface area contributed by atoms with Gasteiger partial charge in [0, 0.05) is 12.5 Å². The van der Waals surface area contributed by atoms with Crippen LogP contribution in [0.15, 0.2) is 11.6 Å². The number of hydrogen-bond acceptors (Lipinski definition) is 7. The lowest BCUT2D eigenvalue weighted by molar-refractivity contribution is -0.254. The minimum Gasteiger partial charge on any atom is -0.481 e. The van der Waals surface area contributed by atoms with Gasteiger partial charge < -0.3 is 35.4 Å². The van der Waals surface area contributed by atoms with E-state index < -0.39 is 52.7 Å². The predicted octanol–water partition coefficient (Wildman–Crippen LogP) is 3.91. The second-order valence-electron chi connectivity index (χ2n) is 17.0. The maximum Gasteiger partial charge on any atom is 0.310 e. The largest absolute Gasteiger partial charge is 0.481 e. The summed E-state index contributed by atoms with van der Waals surface area (Å²) in [6.07, 6.45) is 5.08. The molecule has 0 spiro atoms. The molecule has 8 nitrogen and oxygen atoms in total. The number of carbonyl (C=O) groups is 1. The molecule has 4 saturated carbocycles.